The number of hydrogen-bond donors (Lipinski definition) is 1. The first-order valence-electron chi connectivity index (χ1n) is 10.7. The highest BCUT2D eigenvalue weighted by molar-refractivity contribution is 6.01. The third kappa shape index (κ3) is 4.16. The molecule has 0 saturated heterocycles. The van der Waals surface area contributed by atoms with E-state index >= 15 is 0 Å². The van der Waals surface area contributed by atoms with Crippen LogP contribution in [0.2, 0.25) is 0 Å². The lowest BCUT2D eigenvalue weighted by molar-refractivity contribution is 0.244. The SMILES string of the molecule is CC1=C(c2nc(-c3ccc(C)cc3)no2)C(c2cccc(F)c2)NC(=O)N1c1ccc(F)c(F)c1. The van der Waals surface area contributed by atoms with Crippen LogP contribution >= 0.6 is 0 Å². The van der Waals surface area contributed by atoms with E-state index in [9.17, 15) is 18.0 Å². The van der Waals surface area contributed by atoms with E-state index in [-0.39, 0.29) is 11.6 Å². The molecule has 0 bridgehead atoms. The van der Waals surface area contributed by atoms with Gasteiger partial charge >= 0.3 is 6.03 Å². The fourth-order valence-electron chi connectivity index (χ4n) is 4.04. The number of urea groups is 1. The summed E-state index contributed by atoms with van der Waals surface area (Å²) in [5.74, 6) is -2.20. The molecule has 0 radical (unpaired) electrons. The van der Waals surface area contributed by atoms with Crippen LogP contribution in [0.15, 0.2) is 77.0 Å². The minimum Gasteiger partial charge on any atom is -0.334 e. The summed E-state index contributed by atoms with van der Waals surface area (Å²) >= 11 is 0. The van der Waals surface area contributed by atoms with E-state index < -0.39 is 29.5 Å². The number of carbonyl (C=O) groups excluding carboxylic acids is 1. The molecule has 1 N–H and O–H groups in total. The zero-order valence-electron chi connectivity index (χ0n) is 18.7. The van der Waals surface area contributed by atoms with Crippen molar-refractivity contribution in [2.75, 3.05) is 4.90 Å². The van der Waals surface area contributed by atoms with Crippen LogP contribution < -0.4 is 10.2 Å². The number of anilines is 1. The number of allylic oxidation sites excluding steroid dienone is 1. The van der Waals surface area contributed by atoms with Crippen molar-refractivity contribution in [2.45, 2.75) is 19.9 Å². The van der Waals surface area contributed by atoms with E-state index in [1.807, 2.05) is 31.2 Å². The third-order valence-corrected chi connectivity index (χ3v) is 5.79. The zero-order valence-corrected chi connectivity index (χ0v) is 18.7. The van der Waals surface area contributed by atoms with Crippen LogP contribution in [0.5, 0.6) is 0 Å². The van der Waals surface area contributed by atoms with Crippen molar-refractivity contribution in [2.24, 2.45) is 0 Å². The van der Waals surface area contributed by atoms with Gasteiger partial charge in [-0.1, -0.05) is 47.1 Å². The molecule has 2 amide bonds. The zero-order chi connectivity index (χ0) is 24.7. The van der Waals surface area contributed by atoms with Gasteiger partial charge in [0.05, 0.1) is 17.3 Å². The second-order valence-electron chi connectivity index (χ2n) is 8.16. The first kappa shape index (κ1) is 22.4. The maximum atomic E-state index is 14.1. The van der Waals surface area contributed by atoms with Crippen molar-refractivity contribution in [1.29, 1.82) is 0 Å². The average Bonchev–Trinajstić information content (AvgIpc) is 3.31. The number of aromatic nitrogens is 2. The average molecular weight is 476 g/mol. The predicted octanol–water partition coefficient (Wildman–Crippen LogP) is 6.16. The van der Waals surface area contributed by atoms with E-state index in [1.165, 1.54) is 29.2 Å². The second kappa shape index (κ2) is 8.75. The molecule has 0 aliphatic carbocycles. The van der Waals surface area contributed by atoms with Gasteiger partial charge in [0.15, 0.2) is 11.6 Å². The number of nitrogens with one attached hydrogen (secondary N) is 1. The lowest BCUT2D eigenvalue weighted by atomic mass is 9.94. The van der Waals surface area contributed by atoms with E-state index in [1.54, 1.807) is 13.0 Å². The largest absolute Gasteiger partial charge is 0.334 e. The number of nitrogens with zero attached hydrogens (tertiary/aromatic N) is 3. The number of amides is 2. The maximum Gasteiger partial charge on any atom is 0.327 e. The molecule has 1 aliphatic rings. The molecular weight excluding hydrogens is 457 g/mol. The summed E-state index contributed by atoms with van der Waals surface area (Å²) in [6.45, 7) is 3.58. The van der Waals surface area contributed by atoms with Gasteiger partial charge in [0.2, 0.25) is 5.82 Å². The first-order valence-corrected chi connectivity index (χ1v) is 10.7. The second-order valence-corrected chi connectivity index (χ2v) is 8.16. The lowest BCUT2D eigenvalue weighted by Gasteiger charge is -2.35. The van der Waals surface area contributed by atoms with Gasteiger partial charge in [0, 0.05) is 17.3 Å². The molecule has 3 aromatic carbocycles. The van der Waals surface area contributed by atoms with Gasteiger partial charge in [-0.05, 0) is 43.7 Å². The fourth-order valence-corrected chi connectivity index (χ4v) is 4.04. The Kier molecular flexibility index (Phi) is 5.60. The Hall–Kier alpha value is -4.40. The first-order chi connectivity index (χ1) is 16.8. The van der Waals surface area contributed by atoms with Crippen LogP contribution in [-0.4, -0.2) is 16.2 Å². The van der Waals surface area contributed by atoms with Gasteiger partial charge in [0.1, 0.15) is 5.82 Å². The Morgan fingerprint density at radius 2 is 1.71 bits per heavy atom. The smallest absolute Gasteiger partial charge is 0.327 e. The summed E-state index contributed by atoms with van der Waals surface area (Å²) in [6, 6.07) is 15.0. The van der Waals surface area contributed by atoms with Crippen LogP contribution in [0.4, 0.5) is 23.7 Å². The number of hydrogen-bond acceptors (Lipinski definition) is 4. The number of carbonyl (C=O) groups is 1. The molecule has 6 nitrogen and oxygen atoms in total. The molecule has 0 saturated carbocycles. The molecule has 35 heavy (non-hydrogen) atoms. The van der Waals surface area contributed by atoms with Crippen LogP contribution in [0.1, 0.15) is 30.0 Å². The summed E-state index contributed by atoms with van der Waals surface area (Å²) in [5.41, 5.74) is 3.09. The molecule has 1 atom stereocenters. The topological polar surface area (TPSA) is 71.3 Å². The van der Waals surface area contributed by atoms with Gasteiger partial charge in [0.25, 0.3) is 5.89 Å². The van der Waals surface area contributed by atoms with Crippen LogP contribution in [0.3, 0.4) is 0 Å². The summed E-state index contributed by atoms with van der Waals surface area (Å²) in [5, 5.41) is 6.88. The molecule has 2 heterocycles. The highest BCUT2D eigenvalue weighted by Gasteiger charge is 2.37. The van der Waals surface area contributed by atoms with Crippen LogP contribution in [0.25, 0.3) is 17.0 Å². The minimum absolute atomic E-state index is 0.0971. The Labute approximate surface area is 198 Å². The maximum absolute atomic E-state index is 14.1. The summed E-state index contributed by atoms with van der Waals surface area (Å²) in [4.78, 5) is 18.8. The number of benzene rings is 3. The van der Waals surface area contributed by atoms with Crippen molar-refractivity contribution in [1.82, 2.24) is 15.5 Å². The molecule has 4 aromatic rings. The molecule has 1 aromatic heterocycles. The van der Waals surface area contributed by atoms with Crippen LogP contribution in [0, 0.1) is 24.4 Å². The molecule has 5 rings (SSSR count). The van der Waals surface area contributed by atoms with Crippen molar-refractivity contribution in [3.63, 3.8) is 0 Å². The van der Waals surface area contributed by atoms with Gasteiger partial charge < -0.3 is 9.84 Å². The minimum atomic E-state index is -1.10. The van der Waals surface area contributed by atoms with Crippen molar-refractivity contribution < 1.29 is 22.5 Å². The van der Waals surface area contributed by atoms with Gasteiger partial charge in [-0.3, -0.25) is 4.90 Å². The molecule has 0 spiro atoms. The third-order valence-electron chi connectivity index (χ3n) is 5.79. The Balaban J connectivity index is 1.66. The van der Waals surface area contributed by atoms with E-state index in [4.69, 9.17) is 4.52 Å². The van der Waals surface area contributed by atoms with E-state index in [0.717, 1.165) is 23.3 Å². The number of halogens is 3. The normalized spacial score (nSPS) is 16.0. The Morgan fingerprint density at radius 3 is 2.43 bits per heavy atom. The Bertz CT molecular complexity index is 1460. The summed E-state index contributed by atoms with van der Waals surface area (Å²) < 4.78 is 47.2. The van der Waals surface area contributed by atoms with Crippen LogP contribution in [-0.2, 0) is 0 Å². The van der Waals surface area contributed by atoms with Gasteiger partial charge in [-0.2, -0.15) is 4.98 Å². The lowest BCUT2D eigenvalue weighted by Crippen LogP contribution is -2.46. The monoisotopic (exact) mass is 476 g/mol. The van der Waals surface area contributed by atoms with E-state index in [2.05, 4.69) is 15.5 Å². The summed E-state index contributed by atoms with van der Waals surface area (Å²) in [7, 11) is 0. The quantitative estimate of drug-likeness (QED) is 0.383. The van der Waals surface area contributed by atoms with Crippen molar-refractivity contribution in [3.8, 4) is 11.4 Å². The van der Waals surface area contributed by atoms with E-state index in [0.29, 0.717) is 22.7 Å². The fraction of sp³-hybridized carbons (Fsp3) is 0.115. The molecule has 9 heteroatoms. The number of rotatable bonds is 4. The molecular formula is C26H19F3N4O2. The highest BCUT2D eigenvalue weighted by atomic mass is 19.2. The number of aryl methyl sites for hydroxylation is 1. The standard InChI is InChI=1S/C26H19F3N4O2/c1-14-6-8-16(9-7-14)24-31-25(35-32-24)22-15(2)33(19-10-11-20(28)21(29)13-19)26(34)30-23(22)17-4-3-5-18(27)12-17/h3-13,23H,1-2H3,(H,30,34). The molecule has 176 valence electrons. The van der Waals surface area contributed by atoms with Crippen molar-refractivity contribution >= 4 is 17.3 Å². The van der Waals surface area contributed by atoms with Gasteiger partial charge in [-0.25, -0.2) is 18.0 Å². The molecule has 1 aliphatic heterocycles. The molecule has 1 unspecified atom stereocenters. The van der Waals surface area contributed by atoms with Gasteiger partial charge in [-0.15, -0.1) is 0 Å². The predicted molar refractivity (Wildman–Crippen MR) is 124 cm³/mol. The Morgan fingerprint density at radius 1 is 0.943 bits per heavy atom. The highest BCUT2D eigenvalue weighted by Crippen LogP contribution is 2.39. The summed E-state index contributed by atoms with van der Waals surface area (Å²) in [6.07, 6.45) is 0. The van der Waals surface area contributed by atoms with Crippen molar-refractivity contribution in [3.05, 3.63) is 107 Å². The molecule has 0 fully saturated rings.